The first-order valence-corrected chi connectivity index (χ1v) is 12.1. The maximum Gasteiger partial charge on any atom is 0.300 e. The van der Waals surface area contributed by atoms with Crippen LogP contribution < -0.4 is 14.4 Å². The number of rotatable bonds is 7. The zero-order valence-electron chi connectivity index (χ0n) is 19.6. The maximum absolute atomic E-state index is 13.4. The summed E-state index contributed by atoms with van der Waals surface area (Å²) in [7, 11) is 0. The van der Waals surface area contributed by atoms with Crippen molar-refractivity contribution in [3.8, 4) is 11.5 Å². The Morgan fingerprint density at radius 3 is 2.32 bits per heavy atom. The van der Waals surface area contributed by atoms with Crippen LogP contribution in [0.2, 0.25) is 0 Å². The van der Waals surface area contributed by atoms with Gasteiger partial charge in [-0.15, -0.1) is 11.3 Å². The summed E-state index contributed by atoms with van der Waals surface area (Å²) in [5, 5.41) is 13.4. The van der Waals surface area contributed by atoms with Crippen molar-refractivity contribution in [1.29, 1.82) is 0 Å². The first kappa shape index (κ1) is 23.6. The Kier molecular flexibility index (Phi) is 6.75. The van der Waals surface area contributed by atoms with Crippen LogP contribution >= 0.6 is 11.3 Å². The topological polar surface area (TPSA) is 76.1 Å². The zero-order chi connectivity index (χ0) is 24.4. The summed E-state index contributed by atoms with van der Waals surface area (Å²) in [6, 6.07) is 13.7. The van der Waals surface area contributed by atoms with Gasteiger partial charge in [0.25, 0.3) is 11.7 Å². The van der Waals surface area contributed by atoms with Crippen LogP contribution in [-0.4, -0.2) is 30.0 Å². The van der Waals surface area contributed by atoms with E-state index in [4.69, 9.17) is 9.47 Å². The number of aliphatic hydroxyl groups is 1. The lowest BCUT2D eigenvalue weighted by molar-refractivity contribution is -0.132. The second-order valence-corrected chi connectivity index (χ2v) is 8.94. The van der Waals surface area contributed by atoms with Gasteiger partial charge < -0.3 is 14.6 Å². The molecule has 0 bridgehead atoms. The first-order valence-electron chi connectivity index (χ1n) is 11.2. The zero-order valence-corrected chi connectivity index (χ0v) is 20.4. The van der Waals surface area contributed by atoms with E-state index in [1.165, 1.54) is 16.2 Å². The molecule has 1 unspecified atom stereocenters. The molecule has 1 fully saturated rings. The summed E-state index contributed by atoms with van der Waals surface area (Å²) in [5.74, 6) is -0.695. The van der Waals surface area contributed by atoms with Crippen molar-refractivity contribution in [3.63, 3.8) is 0 Å². The molecule has 2 heterocycles. The number of Topliss-reactive ketones (excluding diaryl/α,β-unsaturated/α-hetero) is 1. The molecule has 1 aromatic heterocycles. The number of nitrogens with zero attached hydrogens (tertiary/aromatic N) is 1. The van der Waals surface area contributed by atoms with Gasteiger partial charge in [0.1, 0.15) is 23.3 Å². The van der Waals surface area contributed by atoms with Crippen LogP contribution in [0.25, 0.3) is 5.76 Å². The molecular formula is C27H27NO5S. The maximum atomic E-state index is 13.4. The van der Waals surface area contributed by atoms with Gasteiger partial charge >= 0.3 is 0 Å². The molecule has 0 spiro atoms. The van der Waals surface area contributed by atoms with Crippen LogP contribution in [0.3, 0.4) is 0 Å². The van der Waals surface area contributed by atoms with Crippen molar-refractivity contribution < 1.29 is 24.2 Å². The molecule has 34 heavy (non-hydrogen) atoms. The van der Waals surface area contributed by atoms with E-state index in [9.17, 15) is 14.7 Å². The average molecular weight is 478 g/mol. The van der Waals surface area contributed by atoms with E-state index >= 15 is 0 Å². The third-order valence-electron chi connectivity index (χ3n) is 5.73. The third-order valence-corrected chi connectivity index (χ3v) is 6.80. The summed E-state index contributed by atoms with van der Waals surface area (Å²) >= 11 is 1.45. The summed E-state index contributed by atoms with van der Waals surface area (Å²) < 4.78 is 11.3. The largest absolute Gasteiger partial charge is 0.507 e. The van der Waals surface area contributed by atoms with Crippen LogP contribution in [0, 0.1) is 13.8 Å². The lowest BCUT2D eigenvalue weighted by Gasteiger charge is -2.25. The number of benzene rings is 2. The lowest BCUT2D eigenvalue weighted by Crippen LogP contribution is -2.29. The van der Waals surface area contributed by atoms with Crippen LogP contribution in [-0.2, 0) is 9.59 Å². The number of hydrogen-bond acceptors (Lipinski definition) is 6. The van der Waals surface area contributed by atoms with Gasteiger partial charge in [-0.2, -0.15) is 0 Å². The summed E-state index contributed by atoms with van der Waals surface area (Å²) in [5.41, 5.74) is 2.96. The van der Waals surface area contributed by atoms with Gasteiger partial charge in [0.2, 0.25) is 0 Å². The second-order valence-electron chi connectivity index (χ2n) is 8.00. The molecule has 6 nitrogen and oxygen atoms in total. The quantitative estimate of drug-likeness (QED) is 0.265. The standard InChI is InChI=1S/C27H27NO5S/c1-5-32-19-11-12-20(21(15-19)33-6-2)24(29)22-23(26-17(4)13-14-34-26)28(27(31)25(22)30)18-9-7-16(3)8-10-18/h7-15,23,29H,5-6H2,1-4H3/b24-22+. The first-order chi connectivity index (χ1) is 16.4. The van der Waals surface area contributed by atoms with E-state index in [0.29, 0.717) is 36.0 Å². The number of aryl methyl sites for hydroxylation is 2. The lowest BCUT2D eigenvalue weighted by atomic mass is 9.97. The van der Waals surface area contributed by atoms with E-state index in [0.717, 1.165) is 16.0 Å². The highest BCUT2D eigenvalue weighted by Crippen LogP contribution is 2.46. The fraction of sp³-hybridized carbons (Fsp3) is 0.259. The molecule has 0 aliphatic carbocycles. The molecule has 176 valence electrons. The predicted octanol–water partition coefficient (Wildman–Crippen LogP) is 5.79. The Morgan fingerprint density at radius 1 is 1.00 bits per heavy atom. The van der Waals surface area contributed by atoms with Crippen molar-refractivity contribution in [2.45, 2.75) is 33.7 Å². The minimum atomic E-state index is -0.747. The van der Waals surface area contributed by atoms with E-state index in [-0.39, 0.29) is 11.3 Å². The van der Waals surface area contributed by atoms with Crippen molar-refractivity contribution in [1.82, 2.24) is 0 Å². The van der Waals surface area contributed by atoms with Crippen LogP contribution in [0.1, 0.15) is 41.5 Å². The Labute approximate surface area is 203 Å². The van der Waals surface area contributed by atoms with Crippen molar-refractivity contribution in [3.05, 3.63) is 81.1 Å². The minimum Gasteiger partial charge on any atom is -0.507 e. The highest BCUT2D eigenvalue weighted by atomic mass is 32.1. The highest BCUT2D eigenvalue weighted by molar-refractivity contribution is 7.10. The summed E-state index contributed by atoms with van der Waals surface area (Å²) in [6.45, 7) is 8.45. The van der Waals surface area contributed by atoms with Crippen LogP contribution in [0.4, 0.5) is 5.69 Å². The molecule has 3 aromatic rings. The van der Waals surface area contributed by atoms with E-state index in [1.807, 2.05) is 63.4 Å². The van der Waals surface area contributed by atoms with Crippen LogP contribution in [0.15, 0.2) is 59.5 Å². The normalized spacial score (nSPS) is 17.3. The SMILES string of the molecule is CCOc1ccc(/C(O)=C2\C(=O)C(=O)N(c3ccc(C)cc3)C2c2sccc2C)c(OCC)c1. The minimum absolute atomic E-state index is 0.0428. The fourth-order valence-electron chi connectivity index (χ4n) is 4.09. The van der Waals surface area contributed by atoms with Gasteiger partial charge in [0, 0.05) is 16.6 Å². The van der Waals surface area contributed by atoms with Gasteiger partial charge in [-0.05, 0) is 69.0 Å². The molecule has 1 atom stereocenters. The summed E-state index contributed by atoms with van der Waals surface area (Å²) in [4.78, 5) is 28.9. The molecule has 1 aliphatic heterocycles. The number of carbonyl (C=O) groups excluding carboxylic acids is 2. The van der Waals surface area contributed by atoms with Crippen molar-refractivity contribution >= 4 is 34.5 Å². The van der Waals surface area contributed by atoms with Gasteiger partial charge in [-0.3, -0.25) is 14.5 Å². The fourth-order valence-corrected chi connectivity index (χ4v) is 5.12. The Balaban J connectivity index is 1.93. The average Bonchev–Trinajstić information content (AvgIpc) is 3.35. The molecular weight excluding hydrogens is 450 g/mol. The van der Waals surface area contributed by atoms with Gasteiger partial charge in [-0.25, -0.2) is 0 Å². The molecule has 2 aromatic carbocycles. The molecule has 4 rings (SSSR count). The number of ether oxygens (including phenoxy) is 2. The molecule has 1 saturated heterocycles. The number of carbonyl (C=O) groups is 2. The number of thiophene rings is 1. The molecule has 1 aliphatic rings. The molecule has 0 saturated carbocycles. The van der Waals surface area contributed by atoms with E-state index in [2.05, 4.69) is 0 Å². The number of amides is 1. The summed E-state index contributed by atoms with van der Waals surface area (Å²) in [6.07, 6.45) is 0. The van der Waals surface area contributed by atoms with Crippen molar-refractivity contribution in [2.24, 2.45) is 0 Å². The molecule has 1 amide bonds. The van der Waals surface area contributed by atoms with E-state index < -0.39 is 17.7 Å². The Hall–Kier alpha value is -3.58. The number of aliphatic hydroxyl groups excluding tert-OH is 1. The number of anilines is 1. The van der Waals surface area contributed by atoms with E-state index in [1.54, 1.807) is 18.2 Å². The monoisotopic (exact) mass is 477 g/mol. The van der Waals surface area contributed by atoms with Gasteiger partial charge in [0.15, 0.2) is 0 Å². The van der Waals surface area contributed by atoms with Crippen molar-refractivity contribution in [2.75, 3.05) is 18.1 Å². The second kappa shape index (κ2) is 9.73. The van der Waals surface area contributed by atoms with Crippen LogP contribution in [0.5, 0.6) is 11.5 Å². The Morgan fingerprint density at radius 2 is 1.71 bits per heavy atom. The molecule has 1 N–H and O–H groups in total. The Bertz CT molecular complexity index is 1260. The molecule has 7 heteroatoms. The number of ketones is 1. The van der Waals surface area contributed by atoms with Gasteiger partial charge in [0.05, 0.1) is 24.4 Å². The van der Waals surface area contributed by atoms with Gasteiger partial charge in [-0.1, -0.05) is 17.7 Å². The highest BCUT2D eigenvalue weighted by Gasteiger charge is 2.48. The molecule has 0 radical (unpaired) electrons. The third kappa shape index (κ3) is 4.19. The predicted molar refractivity (Wildman–Crippen MR) is 134 cm³/mol. The number of hydrogen-bond donors (Lipinski definition) is 1. The smallest absolute Gasteiger partial charge is 0.300 e.